The number of nitrogens with one attached hydrogen (secondary N) is 2. The maximum atomic E-state index is 12.3. The summed E-state index contributed by atoms with van der Waals surface area (Å²) < 4.78 is 11.0. The zero-order chi connectivity index (χ0) is 19.3. The molecule has 2 aromatic heterocycles. The van der Waals surface area contributed by atoms with Gasteiger partial charge in [-0.2, -0.15) is 0 Å². The van der Waals surface area contributed by atoms with Crippen LogP contribution in [0.15, 0.2) is 47.6 Å². The van der Waals surface area contributed by atoms with Crippen LogP contribution >= 0.6 is 23.4 Å². The molecule has 28 heavy (non-hydrogen) atoms. The van der Waals surface area contributed by atoms with Gasteiger partial charge in [0.15, 0.2) is 0 Å². The Morgan fingerprint density at radius 3 is 3.14 bits per heavy atom. The highest BCUT2D eigenvalue weighted by molar-refractivity contribution is 7.99. The predicted molar refractivity (Wildman–Crippen MR) is 110 cm³/mol. The summed E-state index contributed by atoms with van der Waals surface area (Å²) in [7, 11) is 0. The number of H-pyrrole nitrogens is 1. The molecular weight excluding hydrogens is 398 g/mol. The lowest BCUT2D eigenvalue weighted by molar-refractivity contribution is 0.0955. The average Bonchev–Trinajstić information content (AvgIpc) is 3.36. The first-order valence-corrected chi connectivity index (χ1v) is 10.4. The molecule has 1 saturated heterocycles. The molecule has 0 saturated carbocycles. The number of carbonyl (C=O) groups excluding carboxylic acids is 1. The van der Waals surface area contributed by atoms with E-state index in [0.717, 1.165) is 17.7 Å². The quantitative estimate of drug-likeness (QED) is 0.450. The monoisotopic (exact) mass is 417 g/mol. The highest BCUT2D eigenvalue weighted by atomic mass is 35.5. The van der Waals surface area contributed by atoms with Gasteiger partial charge >= 0.3 is 0 Å². The minimum absolute atomic E-state index is 0.0359. The molecule has 3 aromatic rings. The van der Waals surface area contributed by atoms with Gasteiger partial charge in [-0.05, 0) is 12.1 Å². The Kier molecular flexibility index (Phi) is 6.04. The van der Waals surface area contributed by atoms with Gasteiger partial charge in [-0.15, -0.1) is 11.8 Å². The molecular formula is C20H20ClN3O3S. The molecule has 1 aliphatic heterocycles. The average molecular weight is 418 g/mol. The molecule has 4 rings (SSSR count). The van der Waals surface area contributed by atoms with Crippen molar-refractivity contribution in [3.63, 3.8) is 0 Å². The minimum Gasteiger partial charge on any atom is -0.471 e. The van der Waals surface area contributed by atoms with Crippen LogP contribution in [-0.2, 0) is 4.74 Å². The van der Waals surface area contributed by atoms with Crippen molar-refractivity contribution in [2.75, 3.05) is 25.5 Å². The lowest BCUT2D eigenvalue weighted by Crippen LogP contribution is -2.26. The van der Waals surface area contributed by atoms with E-state index in [4.69, 9.17) is 21.1 Å². The number of aromatic amines is 1. The number of hydrogen-bond acceptors (Lipinski definition) is 5. The summed E-state index contributed by atoms with van der Waals surface area (Å²) >= 11 is 7.92. The van der Waals surface area contributed by atoms with Gasteiger partial charge in [0.2, 0.25) is 5.88 Å². The van der Waals surface area contributed by atoms with E-state index < -0.39 is 0 Å². The standard InChI is InChI=1S/C20H20ClN3O3S/c21-16-9-13(10-24-20(16)27-14-5-7-26-12-14)19(25)22-6-8-28-18-11-23-17-4-2-1-3-15(17)18/h1-4,9-11,14,23H,5-8,12H2,(H,22,25). The van der Waals surface area contributed by atoms with Gasteiger partial charge in [0.25, 0.3) is 5.91 Å². The van der Waals surface area contributed by atoms with Crippen LogP contribution in [0.3, 0.4) is 0 Å². The van der Waals surface area contributed by atoms with Crippen LogP contribution < -0.4 is 10.1 Å². The Morgan fingerprint density at radius 2 is 2.32 bits per heavy atom. The first-order valence-electron chi connectivity index (χ1n) is 9.08. The lowest BCUT2D eigenvalue weighted by atomic mass is 10.2. The Morgan fingerprint density at radius 1 is 1.43 bits per heavy atom. The van der Waals surface area contributed by atoms with E-state index in [1.807, 2.05) is 24.4 Å². The molecule has 1 unspecified atom stereocenters. The fourth-order valence-corrected chi connectivity index (χ4v) is 4.10. The first-order chi connectivity index (χ1) is 13.7. The van der Waals surface area contributed by atoms with Gasteiger partial charge in [0.1, 0.15) is 11.1 Å². The number of pyridine rings is 1. The van der Waals surface area contributed by atoms with E-state index >= 15 is 0 Å². The highest BCUT2D eigenvalue weighted by Gasteiger charge is 2.20. The van der Waals surface area contributed by atoms with Gasteiger partial charge in [-0.3, -0.25) is 4.79 Å². The number of ether oxygens (including phenoxy) is 2. The number of rotatable bonds is 7. The maximum absolute atomic E-state index is 12.3. The van der Waals surface area contributed by atoms with Crippen molar-refractivity contribution in [3.8, 4) is 5.88 Å². The van der Waals surface area contributed by atoms with Crippen LogP contribution in [0, 0.1) is 0 Å². The molecule has 8 heteroatoms. The predicted octanol–water partition coefficient (Wildman–Crippen LogP) is 3.91. The summed E-state index contributed by atoms with van der Waals surface area (Å²) in [6.07, 6.45) is 4.26. The molecule has 0 aliphatic carbocycles. The summed E-state index contributed by atoms with van der Waals surface area (Å²) in [5.74, 6) is 0.894. The first kappa shape index (κ1) is 19.1. The van der Waals surface area contributed by atoms with Gasteiger partial charge < -0.3 is 19.8 Å². The molecule has 1 aliphatic rings. The number of hydrogen-bond donors (Lipinski definition) is 2. The maximum Gasteiger partial charge on any atom is 0.252 e. The molecule has 1 aromatic carbocycles. The van der Waals surface area contributed by atoms with Crippen LogP contribution in [0.25, 0.3) is 10.9 Å². The molecule has 1 fully saturated rings. The van der Waals surface area contributed by atoms with Crippen molar-refractivity contribution in [2.24, 2.45) is 0 Å². The Hall–Kier alpha value is -2.22. The number of para-hydroxylation sites is 1. The molecule has 0 radical (unpaired) electrons. The zero-order valence-corrected chi connectivity index (χ0v) is 16.7. The number of thioether (sulfide) groups is 1. The molecule has 0 spiro atoms. The molecule has 6 nitrogen and oxygen atoms in total. The second kappa shape index (κ2) is 8.86. The lowest BCUT2D eigenvalue weighted by Gasteiger charge is -2.12. The third-order valence-corrected chi connectivity index (χ3v) is 5.76. The van der Waals surface area contributed by atoms with Gasteiger partial charge in [0, 0.05) is 46.9 Å². The van der Waals surface area contributed by atoms with Crippen molar-refractivity contribution >= 4 is 40.2 Å². The van der Waals surface area contributed by atoms with Crippen molar-refractivity contribution < 1.29 is 14.3 Å². The molecule has 1 amide bonds. The van der Waals surface area contributed by atoms with Crippen molar-refractivity contribution in [1.29, 1.82) is 0 Å². The fourth-order valence-electron chi connectivity index (χ4n) is 2.99. The second-order valence-corrected chi connectivity index (χ2v) is 7.96. The van der Waals surface area contributed by atoms with Crippen molar-refractivity contribution in [3.05, 3.63) is 53.3 Å². The second-order valence-electron chi connectivity index (χ2n) is 6.42. The number of fused-ring (bicyclic) bond motifs is 1. The Bertz CT molecular complexity index is 972. The van der Waals surface area contributed by atoms with E-state index in [1.54, 1.807) is 17.8 Å². The van der Waals surface area contributed by atoms with E-state index in [-0.39, 0.29) is 12.0 Å². The van der Waals surface area contributed by atoms with Gasteiger partial charge in [-0.25, -0.2) is 4.98 Å². The topological polar surface area (TPSA) is 76.2 Å². The molecule has 146 valence electrons. The zero-order valence-electron chi connectivity index (χ0n) is 15.1. The summed E-state index contributed by atoms with van der Waals surface area (Å²) in [6.45, 7) is 1.76. The smallest absolute Gasteiger partial charge is 0.252 e. The van der Waals surface area contributed by atoms with E-state index in [2.05, 4.69) is 21.4 Å². The summed E-state index contributed by atoms with van der Waals surface area (Å²) in [5, 5.41) is 4.42. The summed E-state index contributed by atoms with van der Waals surface area (Å²) in [6, 6.07) is 9.74. The normalized spacial score (nSPS) is 16.4. The van der Waals surface area contributed by atoms with Crippen LogP contribution in [-0.4, -0.2) is 47.5 Å². The molecule has 3 heterocycles. The SMILES string of the molecule is O=C(NCCSc1c[nH]c2ccccc12)c1cnc(OC2CCOC2)c(Cl)c1. The number of halogens is 1. The van der Waals surface area contributed by atoms with Crippen LogP contribution in [0.2, 0.25) is 5.02 Å². The van der Waals surface area contributed by atoms with Crippen molar-refractivity contribution in [1.82, 2.24) is 15.3 Å². The van der Waals surface area contributed by atoms with Crippen LogP contribution in [0.4, 0.5) is 0 Å². The number of benzene rings is 1. The Balaban J connectivity index is 1.28. The number of aromatic nitrogens is 2. The molecule has 1 atom stereocenters. The van der Waals surface area contributed by atoms with Crippen LogP contribution in [0.5, 0.6) is 5.88 Å². The van der Waals surface area contributed by atoms with E-state index in [1.165, 1.54) is 16.5 Å². The highest BCUT2D eigenvalue weighted by Crippen LogP contribution is 2.27. The minimum atomic E-state index is -0.204. The molecule has 2 N–H and O–H groups in total. The van der Waals surface area contributed by atoms with Gasteiger partial charge in [0.05, 0.1) is 18.8 Å². The Labute approximate surface area is 172 Å². The summed E-state index contributed by atoms with van der Waals surface area (Å²) in [4.78, 5) is 20.9. The largest absolute Gasteiger partial charge is 0.471 e. The van der Waals surface area contributed by atoms with Crippen molar-refractivity contribution in [2.45, 2.75) is 17.4 Å². The van der Waals surface area contributed by atoms with E-state index in [0.29, 0.717) is 36.2 Å². The van der Waals surface area contributed by atoms with Crippen LogP contribution in [0.1, 0.15) is 16.8 Å². The number of nitrogens with zero attached hydrogens (tertiary/aromatic N) is 1. The number of amides is 1. The van der Waals surface area contributed by atoms with E-state index in [9.17, 15) is 4.79 Å². The number of carbonyl (C=O) groups is 1. The third kappa shape index (κ3) is 4.43. The summed E-state index contributed by atoms with van der Waals surface area (Å²) in [5.41, 5.74) is 1.53. The fraction of sp³-hybridized carbons (Fsp3) is 0.300. The third-order valence-electron chi connectivity index (χ3n) is 4.43. The van der Waals surface area contributed by atoms with Gasteiger partial charge in [-0.1, -0.05) is 29.8 Å². The molecule has 0 bridgehead atoms.